The van der Waals surface area contributed by atoms with Gasteiger partial charge in [0, 0.05) is 49.1 Å². The Morgan fingerprint density at radius 2 is 1.55 bits per heavy atom. The molecule has 20 heavy (non-hydrogen) atoms. The monoisotopic (exact) mass is 307 g/mol. The summed E-state index contributed by atoms with van der Waals surface area (Å²) in [6.07, 6.45) is 13.7. The molecule has 2 unspecified atom stereocenters. The second-order valence-electron chi connectivity index (χ2n) is 5.02. The van der Waals surface area contributed by atoms with Crippen LogP contribution in [0.3, 0.4) is 0 Å². The van der Waals surface area contributed by atoms with E-state index in [0.29, 0.717) is 0 Å². The van der Waals surface area contributed by atoms with Crippen molar-refractivity contribution in [2.24, 2.45) is 0 Å². The number of hydrogen-bond acceptors (Lipinski definition) is 4. The molecule has 3 rings (SSSR count). The first-order chi connectivity index (χ1) is 9.59. The second kappa shape index (κ2) is 5.10. The number of hydrazone groups is 1. The molecule has 0 amide bonds. The highest BCUT2D eigenvalue weighted by molar-refractivity contribution is 7.80. The van der Waals surface area contributed by atoms with E-state index in [4.69, 9.17) is 24.4 Å². The van der Waals surface area contributed by atoms with Gasteiger partial charge in [0.25, 0.3) is 6.21 Å². The summed E-state index contributed by atoms with van der Waals surface area (Å²) in [4.78, 5) is 8.31. The fourth-order valence-corrected chi connectivity index (χ4v) is 3.01. The summed E-state index contributed by atoms with van der Waals surface area (Å²) in [5, 5.41) is 6.06. The summed E-state index contributed by atoms with van der Waals surface area (Å²) in [5.74, 6) is 0. The molecule has 0 aliphatic carbocycles. The van der Waals surface area contributed by atoms with Crippen LogP contribution in [0.15, 0.2) is 37.1 Å². The average Bonchev–Trinajstić information content (AvgIpc) is 3.13. The molecule has 3 aliphatic heterocycles. The lowest BCUT2D eigenvalue weighted by Crippen LogP contribution is -3.08. The zero-order valence-electron chi connectivity index (χ0n) is 11.4. The van der Waals surface area contributed by atoms with E-state index in [9.17, 15) is 0 Å². The Balaban J connectivity index is 1.93. The number of allylic oxidation sites excluding steroid dienone is 1. The maximum atomic E-state index is 5.52. The normalized spacial score (nSPS) is 29.4. The molecule has 2 N–H and O–H groups in total. The SMILES string of the molecule is C[NH+]1C=CN([BH-](N2C=CC=[N+]2)N2C=C[NH+](C)C2=S)C1=S. The predicted octanol–water partition coefficient (Wildman–Crippen LogP) is -2.97. The summed E-state index contributed by atoms with van der Waals surface area (Å²) in [6, 6.07) is 0. The molecule has 0 spiro atoms. The Morgan fingerprint density at radius 1 is 1.00 bits per heavy atom. The van der Waals surface area contributed by atoms with E-state index in [2.05, 4.69) is 14.7 Å². The Hall–Kier alpha value is -1.55. The first-order valence-electron chi connectivity index (χ1n) is 6.45. The molecule has 0 fully saturated rings. The molecular weight excluding hydrogens is 291 g/mol. The van der Waals surface area contributed by atoms with Gasteiger partial charge in [-0.3, -0.25) is 9.80 Å². The van der Waals surface area contributed by atoms with Gasteiger partial charge in [-0.05, 0) is 0 Å². The number of nitrogens with one attached hydrogen (secondary N) is 2. The third kappa shape index (κ3) is 2.08. The molecule has 1 radical (unpaired) electrons. The third-order valence-electron chi connectivity index (χ3n) is 3.66. The molecule has 0 saturated heterocycles. The van der Waals surface area contributed by atoms with Crippen molar-refractivity contribution in [3.63, 3.8) is 0 Å². The number of quaternary nitrogens is 2. The molecule has 2 atom stereocenters. The summed E-state index contributed by atoms with van der Waals surface area (Å²) in [5.41, 5.74) is 0. The summed E-state index contributed by atoms with van der Waals surface area (Å²) in [7, 11) is 2.84. The lowest BCUT2D eigenvalue weighted by atomic mass is 9.87. The van der Waals surface area contributed by atoms with Gasteiger partial charge in [-0.2, -0.15) is 0 Å². The van der Waals surface area contributed by atoms with Crippen LogP contribution in [0.2, 0.25) is 0 Å². The number of rotatable bonds is 3. The van der Waals surface area contributed by atoms with Gasteiger partial charge in [-0.1, -0.05) is 0 Å². The van der Waals surface area contributed by atoms with Crippen molar-refractivity contribution in [2.45, 2.75) is 0 Å². The molecule has 0 aromatic carbocycles. The van der Waals surface area contributed by atoms with Gasteiger partial charge >= 0.3 is 7.12 Å². The largest absolute Gasteiger partial charge is 0.424 e. The highest BCUT2D eigenvalue weighted by Gasteiger charge is 2.39. The van der Waals surface area contributed by atoms with Gasteiger partial charge in [0.2, 0.25) is 10.2 Å². The van der Waals surface area contributed by atoms with Gasteiger partial charge in [0.1, 0.15) is 17.5 Å². The quantitative estimate of drug-likeness (QED) is 0.430. The molecule has 3 heterocycles. The van der Waals surface area contributed by atoms with E-state index in [0.717, 1.165) is 20.0 Å². The van der Waals surface area contributed by atoms with Crippen LogP contribution in [0.1, 0.15) is 0 Å². The zero-order chi connectivity index (χ0) is 14.3. The van der Waals surface area contributed by atoms with E-state index in [1.165, 1.54) is 0 Å². The van der Waals surface area contributed by atoms with Crippen molar-refractivity contribution in [3.8, 4) is 0 Å². The fourth-order valence-electron chi connectivity index (χ4n) is 2.52. The van der Waals surface area contributed by atoms with Gasteiger partial charge in [-0.25, -0.2) is 4.92 Å². The van der Waals surface area contributed by atoms with Crippen LogP contribution >= 0.6 is 24.4 Å². The van der Waals surface area contributed by atoms with Crippen LogP contribution in [0.4, 0.5) is 0 Å². The minimum Gasteiger partial charge on any atom is -0.424 e. The highest BCUT2D eigenvalue weighted by atomic mass is 32.1. The van der Waals surface area contributed by atoms with E-state index in [1.54, 1.807) is 6.21 Å². The van der Waals surface area contributed by atoms with Gasteiger partial charge < -0.3 is 9.62 Å². The first kappa shape index (κ1) is 13.4. The van der Waals surface area contributed by atoms with Crippen LogP contribution in [-0.2, 0) is 0 Å². The van der Waals surface area contributed by atoms with Gasteiger partial charge in [-0.15, -0.1) is 0 Å². The van der Waals surface area contributed by atoms with E-state index in [-0.39, 0.29) is 0 Å². The van der Waals surface area contributed by atoms with E-state index < -0.39 is 7.12 Å². The fraction of sp³-hybridized carbons (Fsp3) is 0.182. The minimum absolute atomic E-state index is 0.834. The standard InChI is InChI=1S/C11H14BN6S2/c1-14-6-8-16(10(14)19)12(18-5-3-4-13-18)17-9-7-15(2)11(17)20/h3-9,12H,1-2H3/p+2. The Morgan fingerprint density at radius 3 is 1.90 bits per heavy atom. The number of thiocarbonyl (C=S) groups is 2. The molecule has 103 valence electrons. The summed E-state index contributed by atoms with van der Waals surface area (Å²) < 4.78 is 0. The molecule has 9 heteroatoms. The van der Waals surface area contributed by atoms with Crippen molar-refractivity contribution in [3.05, 3.63) is 37.1 Å². The van der Waals surface area contributed by atoms with E-state index >= 15 is 0 Å². The topological polar surface area (TPSA) is 32.7 Å². The average molecular weight is 307 g/mol. The Labute approximate surface area is 129 Å². The Kier molecular flexibility index (Phi) is 3.42. The number of hydrogen-bond donors (Lipinski definition) is 2. The highest BCUT2D eigenvalue weighted by Crippen LogP contribution is 2.12. The lowest BCUT2D eigenvalue weighted by Gasteiger charge is -2.39. The van der Waals surface area contributed by atoms with Crippen LogP contribution < -0.4 is 14.9 Å². The maximum absolute atomic E-state index is 5.52. The molecule has 0 aromatic heterocycles. The second-order valence-corrected chi connectivity index (χ2v) is 5.79. The van der Waals surface area contributed by atoms with Crippen molar-refractivity contribution in [1.82, 2.24) is 19.6 Å². The Bertz CT molecular complexity index is 523. The van der Waals surface area contributed by atoms with Gasteiger partial charge in [0.15, 0.2) is 0 Å². The number of nitrogens with zero attached hydrogens (tertiary/aromatic N) is 4. The summed E-state index contributed by atoms with van der Waals surface area (Å²) in [6.45, 7) is 0. The van der Waals surface area contributed by atoms with Gasteiger partial charge in [0.05, 0.1) is 14.1 Å². The smallest absolute Gasteiger partial charge is 0.353 e. The predicted molar refractivity (Wildman–Crippen MR) is 87.3 cm³/mol. The first-order valence-corrected chi connectivity index (χ1v) is 7.26. The van der Waals surface area contributed by atoms with Crippen LogP contribution in [0.25, 0.3) is 0 Å². The van der Waals surface area contributed by atoms with Crippen LogP contribution in [0, 0.1) is 0 Å². The molecular formula is C11H16BN6S2+2. The van der Waals surface area contributed by atoms with Crippen molar-refractivity contribution >= 4 is 48.0 Å². The maximum Gasteiger partial charge on any atom is 0.353 e. The molecule has 6 nitrogen and oxygen atoms in total. The lowest BCUT2D eigenvalue weighted by molar-refractivity contribution is -0.718. The summed E-state index contributed by atoms with van der Waals surface area (Å²) >= 11 is 11.0. The zero-order valence-corrected chi connectivity index (χ0v) is 13.0. The van der Waals surface area contributed by atoms with Crippen molar-refractivity contribution in [2.75, 3.05) is 14.1 Å². The molecule has 0 bridgehead atoms. The molecule has 0 saturated carbocycles. The van der Waals surface area contributed by atoms with Crippen molar-refractivity contribution < 1.29 is 9.80 Å². The van der Waals surface area contributed by atoms with Crippen LogP contribution in [0.5, 0.6) is 0 Å². The van der Waals surface area contributed by atoms with E-state index in [1.807, 2.05) is 56.1 Å². The minimum atomic E-state index is -1.20. The van der Waals surface area contributed by atoms with Crippen molar-refractivity contribution in [1.29, 1.82) is 0 Å². The third-order valence-corrected chi connectivity index (χ3v) is 4.78. The van der Waals surface area contributed by atoms with Crippen LogP contribution in [-0.4, -0.2) is 52.2 Å². The molecule has 0 aromatic rings. The molecule has 3 aliphatic rings.